The number of nitrogens with one attached hydrogen (secondary N) is 1. The van der Waals surface area contributed by atoms with Crippen LogP contribution in [0.1, 0.15) is 38.6 Å². The Bertz CT molecular complexity index is 233. The molecule has 0 saturated carbocycles. The maximum absolute atomic E-state index is 3.54. The highest BCUT2D eigenvalue weighted by Crippen LogP contribution is 2.20. The number of hydrogen-bond donors (Lipinski definition) is 1. The lowest BCUT2D eigenvalue weighted by atomic mass is 9.96. The summed E-state index contributed by atoms with van der Waals surface area (Å²) < 4.78 is 0. The predicted octanol–water partition coefficient (Wildman–Crippen LogP) is 3.44. The molecule has 0 amide bonds. The van der Waals surface area contributed by atoms with E-state index in [0.717, 1.165) is 6.54 Å². The van der Waals surface area contributed by atoms with Crippen LogP contribution >= 0.6 is 11.3 Å². The zero-order chi connectivity index (χ0) is 9.90. The van der Waals surface area contributed by atoms with E-state index in [1.54, 1.807) is 0 Å². The maximum Gasteiger partial charge on any atom is 0.0386 e. The Morgan fingerprint density at radius 2 is 2.15 bits per heavy atom. The molecule has 1 rings (SSSR count). The average Bonchev–Trinajstić information content (AvgIpc) is 2.50. The first kappa shape index (κ1) is 10.7. The molecular formula is C11H19NS. The Morgan fingerprint density at radius 3 is 2.62 bits per heavy atom. The van der Waals surface area contributed by atoms with Crippen molar-refractivity contribution in [3.8, 4) is 0 Å². The van der Waals surface area contributed by atoms with Gasteiger partial charge in [-0.05, 0) is 23.8 Å². The maximum atomic E-state index is 3.54. The van der Waals surface area contributed by atoms with Gasteiger partial charge in [-0.1, -0.05) is 26.8 Å². The van der Waals surface area contributed by atoms with Crippen molar-refractivity contribution in [2.75, 3.05) is 6.54 Å². The molecule has 1 unspecified atom stereocenters. The highest BCUT2D eigenvalue weighted by Gasteiger charge is 2.12. The van der Waals surface area contributed by atoms with Crippen molar-refractivity contribution in [1.29, 1.82) is 0 Å². The summed E-state index contributed by atoms with van der Waals surface area (Å²) in [4.78, 5) is 1.42. The fraction of sp³-hybridized carbons (Fsp3) is 0.636. The van der Waals surface area contributed by atoms with Crippen molar-refractivity contribution in [2.24, 2.45) is 5.41 Å². The first-order valence-electron chi connectivity index (χ1n) is 4.76. The van der Waals surface area contributed by atoms with Crippen LogP contribution in [-0.2, 0) is 0 Å². The molecule has 1 aromatic rings. The lowest BCUT2D eigenvalue weighted by Crippen LogP contribution is -2.28. The quantitative estimate of drug-likeness (QED) is 0.782. The van der Waals surface area contributed by atoms with Crippen molar-refractivity contribution in [2.45, 2.75) is 33.7 Å². The van der Waals surface area contributed by atoms with Gasteiger partial charge in [-0.15, -0.1) is 11.3 Å². The van der Waals surface area contributed by atoms with Gasteiger partial charge in [-0.2, -0.15) is 0 Å². The minimum absolute atomic E-state index is 0.367. The fourth-order valence-corrected chi connectivity index (χ4v) is 1.86. The molecule has 13 heavy (non-hydrogen) atoms. The molecule has 0 spiro atoms. The standard InChI is InChI=1S/C11H19NS/c1-9(10-6-5-7-13-10)12-8-11(2,3)4/h5-7,9,12H,8H2,1-4H3. The molecule has 1 N–H and O–H groups in total. The van der Waals surface area contributed by atoms with E-state index >= 15 is 0 Å². The molecule has 1 aromatic heterocycles. The van der Waals surface area contributed by atoms with Gasteiger partial charge in [-0.3, -0.25) is 0 Å². The third-order valence-electron chi connectivity index (χ3n) is 1.91. The van der Waals surface area contributed by atoms with Gasteiger partial charge in [-0.25, -0.2) is 0 Å². The van der Waals surface area contributed by atoms with E-state index in [9.17, 15) is 0 Å². The van der Waals surface area contributed by atoms with Crippen LogP contribution in [-0.4, -0.2) is 6.54 Å². The summed E-state index contributed by atoms with van der Waals surface area (Å²) in [5.41, 5.74) is 0.367. The Labute approximate surface area is 85.2 Å². The number of thiophene rings is 1. The summed E-state index contributed by atoms with van der Waals surface area (Å²) in [6.07, 6.45) is 0. The summed E-state index contributed by atoms with van der Waals surface area (Å²) >= 11 is 1.82. The zero-order valence-electron chi connectivity index (χ0n) is 8.92. The van der Waals surface area contributed by atoms with Crippen LogP contribution in [0.2, 0.25) is 0 Å². The minimum Gasteiger partial charge on any atom is -0.309 e. The summed E-state index contributed by atoms with van der Waals surface area (Å²) in [6, 6.07) is 4.78. The Morgan fingerprint density at radius 1 is 1.46 bits per heavy atom. The van der Waals surface area contributed by atoms with Crippen LogP contribution < -0.4 is 5.32 Å². The number of hydrogen-bond acceptors (Lipinski definition) is 2. The monoisotopic (exact) mass is 197 g/mol. The van der Waals surface area contributed by atoms with Crippen molar-refractivity contribution >= 4 is 11.3 Å². The second-order valence-electron chi connectivity index (χ2n) is 4.68. The molecule has 2 heteroatoms. The average molecular weight is 197 g/mol. The van der Waals surface area contributed by atoms with Gasteiger partial charge in [0.05, 0.1) is 0 Å². The normalized spacial score (nSPS) is 14.5. The lowest BCUT2D eigenvalue weighted by Gasteiger charge is -2.22. The first-order chi connectivity index (χ1) is 5.99. The van der Waals surface area contributed by atoms with Crippen molar-refractivity contribution in [3.63, 3.8) is 0 Å². The highest BCUT2D eigenvalue weighted by atomic mass is 32.1. The van der Waals surface area contributed by atoms with E-state index in [-0.39, 0.29) is 0 Å². The second-order valence-corrected chi connectivity index (χ2v) is 5.66. The molecule has 1 nitrogen and oxygen atoms in total. The van der Waals surface area contributed by atoms with Crippen LogP contribution in [0.5, 0.6) is 0 Å². The summed E-state index contributed by atoms with van der Waals surface area (Å²) in [5.74, 6) is 0. The SMILES string of the molecule is CC(NCC(C)(C)C)c1cccs1. The van der Waals surface area contributed by atoms with Crippen LogP contribution in [0.3, 0.4) is 0 Å². The molecule has 0 aliphatic rings. The van der Waals surface area contributed by atoms with Crippen LogP contribution in [0.4, 0.5) is 0 Å². The van der Waals surface area contributed by atoms with Gasteiger partial charge in [0.25, 0.3) is 0 Å². The van der Waals surface area contributed by atoms with Gasteiger partial charge in [0.2, 0.25) is 0 Å². The zero-order valence-corrected chi connectivity index (χ0v) is 9.74. The summed E-state index contributed by atoms with van der Waals surface area (Å²) in [5, 5.41) is 5.66. The predicted molar refractivity (Wildman–Crippen MR) is 60.2 cm³/mol. The van der Waals surface area contributed by atoms with Crippen LogP contribution in [0, 0.1) is 5.41 Å². The third kappa shape index (κ3) is 3.92. The molecular weight excluding hydrogens is 178 g/mol. The van der Waals surface area contributed by atoms with Gasteiger partial charge < -0.3 is 5.32 Å². The smallest absolute Gasteiger partial charge is 0.0386 e. The van der Waals surface area contributed by atoms with E-state index in [1.807, 2.05) is 11.3 Å². The molecule has 0 aliphatic heterocycles. The Kier molecular flexibility index (Phi) is 3.51. The Hall–Kier alpha value is -0.340. The molecule has 1 atom stereocenters. The second kappa shape index (κ2) is 4.25. The van der Waals surface area contributed by atoms with E-state index in [2.05, 4.69) is 50.5 Å². The summed E-state index contributed by atoms with van der Waals surface area (Å²) in [7, 11) is 0. The van der Waals surface area contributed by atoms with E-state index in [4.69, 9.17) is 0 Å². The van der Waals surface area contributed by atoms with Gasteiger partial charge in [0.15, 0.2) is 0 Å². The molecule has 74 valence electrons. The third-order valence-corrected chi connectivity index (χ3v) is 2.96. The van der Waals surface area contributed by atoms with Gasteiger partial charge in [0.1, 0.15) is 0 Å². The van der Waals surface area contributed by atoms with E-state index in [1.165, 1.54) is 4.88 Å². The van der Waals surface area contributed by atoms with Gasteiger partial charge >= 0.3 is 0 Å². The van der Waals surface area contributed by atoms with Gasteiger partial charge in [0, 0.05) is 17.5 Å². The molecule has 1 heterocycles. The highest BCUT2D eigenvalue weighted by molar-refractivity contribution is 7.10. The molecule has 0 saturated heterocycles. The van der Waals surface area contributed by atoms with E-state index < -0.39 is 0 Å². The van der Waals surface area contributed by atoms with Crippen LogP contribution in [0.25, 0.3) is 0 Å². The first-order valence-corrected chi connectivity index (χ1v) is 5.64. The number of rotatable bonds is 3. The lowest BCUT2D eigenvalue weighted by molar-refractivity contribution is 0.361. The Balaban J connectivity index is 2.39. The molecule has 0 radical (unpaired) electrons. The molecule has 0 aromatic carbocycles. The largest absolute Gasteiger partial charge is 0.309 e. The van der Waals surface area contributed by atoms with Crippen molar-refractivity contribution in [3.05, 3.63) is 22.4 Å². The topological polar surface area (TPSA) is 12.0 Å². The molecule has 0 aliphatic carbocycles. The summed E-state index contributed by atoms with van der Waals surface area (Å²) in [6.45, 7) is 10.0. The van der Waals surface area contributed by atoms with E-state index in [0.29, 0.717) is 11.5 Å². The fourth-order valence-electron chi connectivity index (χ4n) is 1.10. The van der Waals surface area contributed by atoms with Crippen molar-refractivity contribution < 1.29 is 0 Å². The molecule has 0 bridgehead atoms. The molecule has 0 fully saturated rings. The minimum atomic E-state index is 0.367. The van der Waals surface area contributed by atoms with Crippen LogP contribution in [0.15, 0.2) is 17.5 Å². The van der Waals surface area contributed by atoms with Crippen molar-refractivity contribution in [1.82, 2.24) is 5.32 Å².